The Labute approximate surface area is 111 Å². The van der Waals surface area contributed by atoms with Gasteiger partial charge >= 0.3 is 0 Å². The van der Waals surface area contributed by atoms with Crippen LogP contribution in [0.1, 0.15) is 30.3 Å². The number of aryl methyl sites for hydroxylation is 2. The third kappa shape index (κ3) is 3.91. The average molecular weight is 259 g/mol. The molecule has 2 aromatic rings. The molecule has 0 aliphatic heterocycles. The molecule has 1 aliphatic rings. The van der Waals surface area contributed by atoms with E-state index < -0.39 is 0 Å². The SMILES string of the molecule is O=CO.c1ccc(CCn2ccnc2C2CC2)nc1. The molecule has 0 aromatic carbocycles. The lowest BCUT2D eigenvalue weighted by Crippen LogP contribution is -2.05. The molecule has 2 aromatic heterocycles. The van der Waals surface area contributed by atoms with E-state index in [1.807, 2.05) is 24.5 Å². The second kappa shape index (κ2) is 6.68. The van der Waals surface area contributed by atoms with Gasteiger partial charge in [-0.15, -0.1) is 0 Å². The standard InChI is InChI=1S/C13H15N3.CH2O2/c1-2-7-14-12(3-1)6-9-16-10-8-15-13(16)11-4-5-11;2-1-3/h1-3,7-8,10-11H,4-6,9H2;1H,(H,2,3). The molecule has 1 aliphatic carbocycles. The third-order valence-electron chi connectivity index (χ3n) is 3.03. The van der Waals surface area contributed by atoms with Gasteiger partial charge in [-0.3, -0.25) is 9.78 Å². The maximum Gasteiger partial charge on any atom is 0.290 e. The quantitative estimate of drug-likeness (QED) is 0.854. The summed E-state index contributed by atoms with van der Waals surface area (Å²) in [5, 5.41) is 6.89. The Morgan fingerprint density at radius 2 is 2.11 bits per heavy atom. The minimum absolute atomic E-state index is 0.250. The van der Waals surface area contributed by atoms with Gasteiger partial charge in [0, 0.05) is 43.2 Å². The van der Waals surface area contributed by atoms with Crippen molar-refractivity contribution in [2.24, 2.45) is 0 Å². The van der Waals surface area contributed by atoms with Crippen LogP contribution in [0.15, 0.2) is 36.8 Å². The molecule has 1 fully saturated rings. The van der Waals surface area contributed by atoms with Crippen molar-refractivity contribution in [3.63, 3.8) is 0 Å². The van der Waals surface area contributed by atoms with Crippen molar-refractivity contribution >= 4 is 6.47 Å². The molecule has 2 heterocycles. The molecule has 1 saturated carbocycles. The van der Waals surface area contributed by atoms with E-state index in [2.05, 4.69) is 26.8 Å². The van der Waals surface area contributed by atoms with E-state index in [0.717, 1.165) is 24.6 Å². The molecule has 0 radical (unpaired) electrons. The zero-order chi connectivity index (χ0) is 13.5. The molecule has 0 unspecified atom stereocenters. The molecule has 5 heteroatoms. The number of imidazole rings is 1. The van der Waals surface area contributed by atoms with Crippen molar-refractivity contribution in [1.82, 2.24) is 14.5 Å². The Morgan fingerprint density at radius 1 is 1.32 bits per heavy atom. The summed E-state index contributed by atoms with van der Waals surface area (Å²) in [5.74, 6) is 1.98. The van der Waals surface area contributed by atoms with Crippen LogP contribution < -0.4 is 0 Å². The molecular formula is C14H17N3O2. The summed E-state index contributed by atoms with van der Waals surface area (Å²) in [7, 11) is 0. The summed E-state index contributed by atoms with van der Waals surface area (Å²) >= 11 is 0. The number of hydrogen-bond donors (Lipinski definition) is 1. The van der Waals surface area contributed by atoms with Crippen molar-refractivity contribution in [3.8, 4) is 0 Å². The van der Waals surface area contributed by atoms with Crippen LogP contribution in [0.2, 0.25) is 0 Å². The molecular weight excluding hydrogens is 242 g/mol. The number of carbonyl (C=O) groups is 1. The largest absolute Gasteiger partial charge is 0.483 e. The van der Waals surface area contributed by atoms with Crippen LogP contribution in [0.4, 0.5) is 0 Å². The number of pyridine rings is 1. The molecule has 3 rings (SSSR count). The fraction of sp³-hybridized carbons (Fsp3) is 0.357. The first-order chi connectivity index (χ1) is 9.35. The normalized spacial score (nSPS) is 13.5. The van der Waals surface area contributed by atoms with Crippen LogP contribution >= 0.6 is 0 Å². The van der Waals surface area contributed by atoms with Crippen molar-refractivity contribution in [2.45, 2.75) is 31.7 Å². The van der Waals surface area contributed by atoms with E-state index in [1.165, 1.54) is 18.7 Å². The highest BCUT2D eigenvalue weighted by atomic mass is 16.3. The van der Waals surface area contributed by atoms with E-state index in [4.69, 9.17) is 9.90 Å². The predicted octanol–water partition coefficient (Wildman–Crippen LogP) is 2.10. The smallest absolute Gasteiger partial charge is 0.290 e. The maximum atomic E-state index is 8.36. The highest BCUT2D eigenvalue weighted by Gasteiger charge is 2.27. The van der Waals surface area contributed by atoms with E-state index in [9.17, 15) is 0 Å². The zero-order valence-electron chi connectivity index (χ0n) is 10.6. The van der Waals surface area contributed by atoms with Gasteiger partial charge in [-0.1, -0.05) is 6.07 Å². The van der Waals surface area contributed by atoms with Gasteiger partial charge in [-0.25, -0.2) is 4.98 Å². The fourth-order valence-corrected chi connectivity index (χ4v) is 1.99. The minimum Gasteiger partial charge on any atom is -0.483 e. The minimum atomic E-state index is -0.250. The molecule has 0 spiro atoms. The van der Waals surface area contributed by atoms with Gasteiger partial charge in [-0.2, -0.15) is 0 Å². The van der Waals surface area contributed by atoms with Crippen LogP contribution in [0, 0.1) is 0 Å². The van der Waals surface area contributed by atoms with Crippen molar-refractivity contribution in [2.75, 3.05) is 0 Å². The summed E-state index contributed by atoms with van der Waals surface area (Å²) in [6, 6.07) is 6.07. The second-order valence-electron chi connectivity index (χ2n) is 4.43. The zero-order valence-corrected chi connectivity index (χ0v) is 10.6. The predicted molar refractivity (Wildman–Crippen MR) is 70.8 cm³/mol. The van der Waals surface area contributed by atoms with Gasteiger partial charge in [0.1, 0.15) is 5.82 Å². The first kappa shape index (κ1) is 13.3. The molecule has 1 N–H and O–H groups in total. The molecule has 0 amide bonds. The summed E-state index contributed by atoms with van der Waals surface area (Å²) in [4.78, 5) is 17.1. The highest BCUT2D eigenvalue weighted by molar-refractivity contribution is 5.32. The van der Waals surface area contributed by atoms with Crippen LogP contribution in [-0.4, -0.2) is 26.1 Å². The average Bonchev–Trinajstić information content (AvgIpc) is 3.17. The van der Waals surface area contributed by atoms with Gasteiger partial charge < -0.3 is 9.67 Å². The molecule has 5 nitrogen and oxygen atoms in total. The highest BCUT2D eigenvalue weighted by Crippen LogP contribution is 2.38. The van der Waals surface area contributed by atoms with Crippen molar-refractivity contribution < 1.29 is 9.90 Å². The van der Waals surface area contributed by atoms with Crippen molar-refractivity contribution in [1.29, 1.82) is 0 Å². The Bertz CT molecular complexity index is 506. The molecule has 0 saturated heterocycles. The fourth-order valence-electron chi connectivity index (χ4n) is 1.99. The van der Waals surface area contributed by atoms with E-state index in [1.54, 1.807) is 0 Å². The monoisotopic (exact) mass is 259 g/mol. The number of rotatable bonds is 4. The van der Waals surface area contributed by atoms with Gasteiger partial charge in [0.15, 0.2) is 0 Å². The van der Waals surface area contributed by atoms with Gasteiger partial charge in [0.25, 0.3) is 6.47 Å². The van der Waals surface area contributed by atoms with Gasteiger partial charge in [0.2, 0.25) is 0 Å². The van der Waals surface area contributed by atoms with Crippen LogP contribution in [-0.2, 0) is 17.8 Å². The van der Waals surface area contributed by atoms with Gasteiger partial charge in [0.05, 0.1) is 0 Å². The second-order valence-corrected chi connectivity index (χ2v) is 4.43. The van der Waals surface area contributed by atoms with Crippen LogP contribution in [0.3, 0.4) is 0 Å². The number of hydrogen-bond acceptors (Lipinski definition) is 3. The molecule has 100 valence electrons. The number of nitrogens with zero attached hydrogens (tertiary/aromatic N) is 3. The van der Waals surface area contributed by atoms with Crippen LogP contribution in [0.5, 0.6) is 0 Å². The van der Waals surface area contributed by atoms with E-state index in [0.29, 0.717) is 0 Å². The van der Waals surface area contributed by atoms with E-state index in [-0.39, 0.29) is 6.47 Å². The lowest BCUT2D eigenvalue weighted by molar-refractivity contribution is -0.122. The first-order valence-electron chi connectivity index (χ1n) is 6.34. The Balaban J connectivity index is 0.000000408. The van der Waals surface area contributed by atoms with Gasteiger partial charge in [-0.05, 0) is 25.0 Å². The Morgan fingerprint density at radius 3 is 2.74 bits per heavy atom. The molecule has 0 atom stereocenters. The number of carboxylic acid groups (broad SMARTS) is 1. The maximum absolute atomic E-state index is 8.36. The van der Waals surface area contributed by atoms with Crippen molar-refractivity contribution in [3.05, 3.63) is 48.3 Å². The summed E-state index contributed by atoms with van der Waals surface area (Å²) in [6.45, 7) is 0.739. The molecule has 0 bridgehead atoms. The molecule has 19 heavy (non-hydrogen) atoms. The lowest BCUT2D eigenvalue weighted by atomic mass is 10.2. The van der Waals surface area contributed by atoms with E-state index >= 15 is 0 Å². The Hall–Kier alpha value is -2.17. The van der Waals surface area contributed by atoms with Crippen LogP contribution in [0.25, 0.3) is 0 Å². The topological polar surface area (TPSA) is 68.0 Å². The lowest BCUT2D eigenvalue weighted by Gasteiger charge is -2.06. The summed E-state index contributed by atoms with van der Waals surface area (Å²) < 4.78 is 2.27. The first-order valence-corrected chi connectivity index (χ1v) is 6.34. The summed E-state index contributed by atoms with van der Waals surface area (Å²) in [6.07, 6.45) is 9.44. The Kier molecular flexibility index (Phi) is 4.66. The number of aromatic nitrogens is 3. The third-order valence-corrected chi connectivity index (χ3v) is 3.03. The summed E-state index contributed by atoms with van der Waals surface area (Å²) in [5.41, 5.74) is 1.15.